The van der Waals surface area contributed by atoms with Crippen LogP contribution in [0.3, 0.4) is 0 Å². The number of thioether (sulfide) groups is 1. The Morgan fingerprint density at radius 3 is 2.40 bits per heavy atom. The molecule has 0 N–H and O–H groups in total. The first-order chi connectivity index (χ1) is 12.2. The summed E-state index contributed by atoms with van der Waals surface area (Å²) in [5.74, 6) is 0. The minimum absolute atomic E-state index is 0.0346. The molecule has 2 heterocycles. The van der Waals surface area contributed by atoms with Gasteiger partial charge in [0.05, 0.1) is 10.4 Å². The normalized spacial score (nSPS) is 10.9. The lowest BCUT2D eigenvalue weighted by atomic mass is 10.1. The molecule has 0 unspecified atom stereocenters. The Balaban J connectivity index is 1.80. The summed E-state index contributed by atoms with van der Waals surface area (Å²) >= 11 is 7.11. The SMILES string of the molecule is O=C(Sc1c(-c2ccccc2)nn2ccccc12)c1ccc(Cl)cc1. The van der Waals surface area contributed by atoms with E-state index in [-0.39, 0.29) is 5.12 Å². The van der Waals surface area contributed by atoms with Crippen molar-refractivity contribution in [1.29, 1.82) is 0 Å². The van der Waals surface area contributed by atoms with E-state index in [1.807, 2.05) is 54.7 Å². The second-order valence-electron chi connectivity index (χ2n) is 5.47. The van der Waals surface area contributed by atoms with Crippen LogP contribution in [-0.2, 0) is 0 Å². The van der Waals surface area contributed by atoms with Crippen molar-refractivity contribution in [3.8, 4) is 11.3 Å². The predicted molar refractivity (Wildman–Crippen MR) is 102 cm³/mol. The summed E-state index contributed by atoms with van der Waals surface area (Å²) in [5.41, 5.74) is 3.31. The van der Waals surface area contributed by atoms with Gasteiger partial charge in [0, 0.05) is 22.3 Å². The molecule has 0 saturated carbocycles. The average Bonchev–Trinajstić information content (AvgIpc) is 3.02. The number of nitrogens with zero attached hydrogens (tertiary/aromatic N) is 2. The van der Waals surface area contributed by atoms with Crippen LogP contribution in [0.15, 0.2) is 83.9 Å². The molecule has 122 valence electrons. The quantitative estimate of drug-likeness (QED) is 0.444. The Morgan fingerprint density at radius 2 is 1.64 bits per heavy atom. The highest BCUT2D eigenvalue weighted by Crippen LogP contribution is 2.36. The zero-order chi connectivity index (χ0) is 17.2. The van der Waals surface area contributed by atoms with Crippen LogP contribution in [0.2, 0.25) is 5.02 Å². The number of rotatable bonds is 3. The topological polar surface area (TPSA) is 34.4 Å². The lowest BCUT2D eigenvalue weighted by Gasteiger charge is -2.03. The van der Waals surface area contributed by atoms with E-state index in [0.29, 0.717) is 10.6 Å². The number of fused-ring (bicyclic) bond motifs is 1. The summed E-state index contributed by atoms with van der Waals surface area (Å²) in [6.07, 6.45) is 1.89. The van der Waals surface area contributed by atoms with Crippen LogP contribution in [0.5, 0.6) is 0 Å². The Bertz CT molecular complexity index is 1040. The Morgan fingerprint density at radius 1 is 0.920 bits per heavy atom. The van der Waals surface area contributed by atoms with Crippen LogP contribution >= 0.6 is 23.4 Å². The summed E-state index contributed by atoms with van der Waals surface area (Å²) in [5, 5.41) is 5.25. The first-order valence-corrected chi connectivity index (χ1v) is 8.92. The molecule has 0 aliphatic heterocycles. The molecule has 0 radical (unpaired) electrons. The van der Waals surface area contributed by atoms with Gasteiger partial charge in [0.15, 0.2) is 0 Å². The van der Waals surface area contributed by atoms with Gasteiger partial charge in [-0.05, 0) is 48.2 Å². The molecular weight excluding hydrogens is 352 g/mol. The minimum Gasteiger partial charge on any atom is -0.281 e. The molecule has 2 aromatic heterocycles. The van der Waals surface area contributed by atoms with Gasteiger partial charge in [-0.3, -0.25) is 4.79 Å². The first-order valence-electron chi connectivity index (χ1n) is 7.73. The van der Waals surface area contributed by atoms with Crippen molar-refractivity contribution in [2.45, 2.75) is 4.90 Å². The molecule has 0 amide bonds. The van der Waals surface area contributed by atoms with Crippen molar-refractivity contribution in [1.82, 2.24) is 9.61 Å². The lowest BCUT2D eigenvalue weighted by Crippen LogP contribution is -1.93. The number of pyridine rings is 1. The summed E-state index contributed by atoms with van der Waals surface area (Å²) in [6.45, 7) is 0. The molecule has 4 aromatic rings. The maximum atomic E-state index is 12.7. The van der Waals surface area contributed by atoms with Crippen LogP contribution in [0.1, 0.15) is 10.4 Å². The largest absolute Gasteiger partial charge is 0.281 e. The van der Waals surface area contributed by atoms with Crippen molar-refractivity contribution in [2.75, 3.05) is 0 Å². The number of halogens is 1. The van der Waals surface area contributed by atoms with E-state index >= 15 is 0 Å². The summed E-state index contributed by atoms with van der Waals surface area (Å²) in [6, 6.07) is 22.7. The maximum absolute atomic E-state index is 12.7. The molecule has 2 aromatic carbocycles. The molecule has 0 aliphatic rings. The second-order valence-corrected chi connectivity index (χ2v) is 6.89. The van der Waals surface area contributed by atoms with Gasteiger partial charge >= 0.3 is 0 Å². The van der Waals surface area contributed by atoms with Gasteiger partial charge in [-0.15, -0.1) is 0 Å². The highest BCUT2D eigenvalue weighted by molar-refractivity contribution is 8.14. The Kier molecular flexibility index (Phi) is 4.30. The molecule has 25 heavy (non-hydrogen) atoms. The molecule has 4 rings (SSSR count). The summed E-state index contributed by atoms with van der Waals surface area (Å²) < 4.78 is 1.81. The van der Waals surface area contributed by atoms with Crippen LogP contribution in [0, 0.1) is 0 Å². The standard InChI is InChI=1S/C20H13ClN2OS/c21-16-11-9-15(10-12-16)20(24)25-19-17-8-4-5-13-23(17)22-18(19)14-6-2-1-3-7-14/h1-13H. The molecule has 3 nitrogen and oxygen atoms in total. The van der Waals surface area contributed by atoms with E-state index in [2.05, 4.69) is 5.10 Å². The number of hydrogen-bond acceptors (Lipinski definition) is 3. The highest BCUT2D eigenvalue weighted by atomic mass is 35.5. The third-order valence-electron chi connectivity index (χ3n) is 3.82. The van der Waals surface area contributed by atoms with Gasteiger partial charge in [-0.1, -0.05) is 48.0 Å². The van der Waals surface area contributed by atoms with Gasteiger partial charge in [-0.2, -0.15) is 5.10 Å². The summed E-state index contributed by atoms with van der Waals surface area (Å²) in [4.78, 5) is 13.6. The molecule has 5 heteroatoms. The van der Waals surface area contributed by atoms with E-state index < -0.39 is 0 Å². The molecule has 0 atom stereocenters. The Labute approximate surface area is 154 Å². The van der Waals surface area contributed by atoms with Crippen LogP contribution in [0.25, 0.3) is 16.8 Å². The summed E-state index contributed by atoms with van der Waals surface area (Å²) in [7, 11) is 0. The maximum Gasteiger partial charge on any atom is 0.224 e. The molecular formula is C20H13ClN2OS. The molecule has 0 bridgehead atoms. The molecule has 0 fully saturated rings. The predicted octanol–water partition coefficient (Wildman–Crippen LogP) is 5.59. The van der Waals surface area contributed by atoms with Crippen molar-refractivity contribution in [2.24, 2.45) is 0 Å². The van der Waals surface area contributed by atoms with Gasteiger partial charge in [0.1, 0.15) is 5.69 Å². The third-order valence-corrected chi connectivity index (χ3v) is 5.10. The van der Waals surface area contributed by atoms with E-state index in [9.17, 15) is 4.79 Å². The number of carbonyl (C=O) groups is 1. The number of aromatic nitrogens is 2. The zero-order valence-corrected chi connectivity index (χ0v) is 14.7. The van der Waals surface area contributed by atoms with Crippen molar-refractivity contribution >= 4 is 34.0 Å². The zero-order valence-electron chi connectivity index (χ0n) is 13.1. The molecule has 0 aliphatic carbocycles. The monoisotopic (exact) mass is 364 g/mol. The van der Waals surface area contributed by atoms with Crippen LogP contribution in [0.4, 0.5) is 0 Å². The number of benzene rings is 2. The van der Waals surface area contributed by atoms with E-state index in [1.54, 1.807) is 28.8 Å². The van der Waals surface area contributed by atoms with Gasteiger partial charge in [-0.25, -0.2) is 4.52 Å². The van der Waals surface area contributed by atoms with Crippen LogP contribution < -0.4 is 0 Å². The Hall–Kier alpha value is -2.56. The van der Waals surface area contributed by atoms with Gasteiger partial charge in [0.25, 0.3) is 0 Å². The third kappa shape index (κ3) is 3.18. The fourth-order valence-corrected chi connectivity index (χ4v) is 3.69. The van der Waals surface area contributed by atoms with E-state index in [1.165, 1.54) is 11.8 Å². The number of hydrogen-bond donors (Lipinski definition) is 0. The molecule has 0 saturated heterocycles. The van der Waals surface area contributed by atoms with Crippen LogP contribution in [-0.4, -0.2) is 14.7 Å². The van der Waals surface area contributed by atoms with Crippen molar-refractivity contribution in [3.05, 3.63) is 89.6 Å². The first kappa shape index (κ1) is 15.9. The van der Waals surface area contributed by atoms with E-state index in [4.69, 9.17) is 11.6 Å². The highest BCUT2D eigenvalue weighted by Gasteiger charge is 2.19. The minimum atomic E-state index is -0.0346. The van der Waals surface area contributed by atoms with Gasteiger partial charge < -0.3 is 0 Å². The van der Waals surface area contributed by atoms with Crippen molar-refractivity contribution in [3.63, 3.8) is 0 Å². The second kappa shape index (κ2) is 6.75. The molecule has 0 spiro atoms. The number of carbonyl (C=O) groups excluding carboxylic acids is 1. The lowest BCUT2D eigenvalue weighted by molar-refractivity contribution is 0.108. The smallest absolute Gasteiger partial charge is 0.224 e. The fraction of sp³-hybridized carbons (Fsp3) is 0. The van der Waals surface area contributed by atoms with Gasteiger partial charge in [0.2, 0.25) is 5.12 Å². The van der Waals surface area contributed by atoms with E-state index in [0.717, 1.165) is 21.7 Å². The fourth-order valence-electron chi connectivity index (χ4n) is 2.60. The average molecular weight is 365 g/mol. The van der Waals surface area contributed by atoms with Crippen molar-refractivity contribution < 1.29 is 4.79 Å².